The maximum absolute atomic E-state index is 12.5. The Morgan fingerprint density at radius 2 is 2.08 bits per heavy atom. The zero-order valence-electron chi connectivity index (χ0n) is 14.4. The summed E-state index contributed by atoms with van der Waals surface area (Å²) in [6.07, 6.45) is 0.647. The van der Waals surface area contributed by atoms with Crippen LogP contribution in [0, 0.1) is 16.0 Å². The second-order valence-electron chi connectivity index (χ2n) is 5.93. The van der Waals surface area contributed by atoms with Gasteiger partial charge in [-0.2, -0.15) is 0 Å². The lowest BCUT2D eigenvalue weighted by Gasteiger charge is -2.09. The number of rotatable bonds is 6. The van der Waals surface area contributed by atoms with Crippen molar-refractivity contribution < 1.29 is 19.2 Å². The van der Waals surface area contributed by atoms with Crippen LogP contribution in [-0.2, 0) is 11.2 Å². The number of esters is 1. The highest BCUT2D eigenvalue weighted by molar-refractivity contribution is 7.15. The summed E-state index contributed by atoms with van der Waals surface area (Å²) in [5, 5.41) is 15.7. The van der Waals surface area contributed by atoms with Crippen molar-refractivity contribution in [2.45, 2.75) is 20.3 Å². The molecule has 0 fully saturated rings. The number of benzene rings is 1. The summed E-state index contributed by atoms with van der Waals surface area (Å²) < 4.78 is 4.82. The number of thiophene rings is 1. The van der Waals surface area contributed by atoms with Crippen LogP contribution in [0.25, 0.3) is 0 Å². The van der Waals surface area contributed by atoms with Gasteiger partial charge in [-0.3, -0.25) is 14.9 Å². The van der Waals surface area contributed by atoms with E-state index >= 15 is 0 Å². The molecular formula is C17H17ClN2O5S. The molecular weight excluding hydrogens is 380 g/mol. The first-order valence-corrected chi connectivity index (χ1v) is 8.94. The average Bonchev–Trinajstić information content (AvgIpc) is 2.95. The Hall–Kier alpha value is -2.45. The number of nitro groups is 1. The summed E-state index contributed by atoms with van der Waals surface area (Å²) >= 11 is 7.19. The SMILES string of the molecule is COC(=O)c1c(CC(C)C)csc1NC(=O)c1cc([N+](=O)[O-])ccc1Cl. The fraction of sp³-hybridized carbons (Fsp3) is 0.294. The number of hydrogen-bond acceptors (Lipinski definition) is 6. The molecule has 7 nitrogen and oxygen atoms in total. The van der Waals surface area contributed by atoms with Crippen LogP contribution in [0.2, 0.25) is 5.02 Å². The van der Waals surface area contributed by atoms with Crippen LogP contribution in [0.15, 0.2) is 23.6 Å². The highest BCUT2D eigenvalue weighted by atomic mass is 35.5. The number of anilines is 1. The van der Waals surface area contributed by atoms with E-state index in [-0.39, 0.29) is 16.3 Å². The van der Waals surface area contributed by atoms with Crippen molar-refractivity contribution in [2.75, 3.05) is 12.4 Å². The van der Waals surface area contributed by atoms with E-state index in [1.165, 1.54) is 30.6 Å². The lowest BCUT2D eigenvalue weighted by Crippen LogP contribution is -2.15. The molecule has 0 aliphatic rings. The van der Waals surface area contributed by atoms with Gasteiger partial charge in [0.1, 0.15) is 5.00 Å². The van der Waals surface area contributed by atoms with Gasteiger partial charge in [0.2, 0.25) is 0 Å². The van der Waals surface area contributed by atoms with Crippen molar-refractivity contribution in [1.82, 2.24) is 0 Å². The van der Waals surface area contributed by atoms with E-state index in [0.29, 0.717) is 22.9 Å². The summed E-state index contributed by atoms with van der Waals surface area (Å²) in [6.45, 7) is 4.03. The second kappa shape index (κ2) is 8.29. The number of ether oxygens (including phenoxy) is 1. The Bertz CT molecular complexity index is 863. The molecule has 0 bridgehead atoms. The molecule has 1 aromatic heterocycles. The number of nitrogens with zero attached hydrogens (tertiary/aromatic N) is 1. The highest BCUT2D eigenvalue weighted by Gasteiger charge is 2.23. The number of hydrogen-bond donors (Lipinski definition) is 1. The maximum Gasteiger partial charge on any atom is 0.341 e. The number of methoxy groups -OCH3 is 1. The van der Waals surface area contributed by atoms with Gasteiger partial charge in [-0.05, 0) is 29.3 Å². The van der Waals surface area contributed by atoms with Gasteiger partial charge in [0.15, 0.2) is 0 Å². The number of halogens is 1. The first-order valence-electron chi connectivity index (χ1n) is 7.68. The van der Waals surface area contributed by atoms with E-state index in [0.717, 1.165) is 11.6 Å². The molecule has 1 amide bonds. The van der Waals surface area contributed by atoms with Gasteiger partial charge in [-0.1, -0.05) is 25.4 Å². The van der Waals surface area contributed by atoms with Crippen LogP contribution >= 0.6 is 22.9 Å². The molecule has 1 aromatic carbocycles. The molecule has 2 aromatic rings. The van der Waals surface area contributed by atoms with Crippen molar-refractivity contribution in [3.8, 4) is 0 Å². The van der Waals surface area contributed by atoms with Crippen molar-refractivity contribution in [1.29, 1.82) is 0 Å². The van der Waals surface area contributed by atoms with Gasteiger partial charge in [0.25, 0.3) is 11.6 Å². The molecule has 0 spiro atoms. The van der Waals surface area contributed by atoms with E-state index in [9.17, 15) is 19.7 Å². The summed E-state index contributed by atoms with van der Waals surface area (Å²) in [6, 6.07) is 3.59. The van der Waals surface area contributed by atoms with E-state index < -0.39 is 16.8 Å². The van der Waals surface area contributed by atoms with Crippen molar-refractivity contribution in [3.63, 3.8) is 0 Å². The van der Waals surface area contributed by atoms with Crippen LogP contribution in [0.3, 0.4) is 0 Å². The Balaban J connectivity index is 2.38. The number of carbonyl (C=O) groups is 2. The number of amides is 1. The lowest BCUT2D eigenvalue weighted by atomic mass is 10.0. The van der Waals surface area contributed by atoms with Crippen LogP contribution in [-0.4, -0.2) is 23.9 Å². The van der Waals surface area contributed by atoms with Gasteiger partial charge >= 0.3 is 5.97 Å². The topological polar surface area (TPSA) is 98.5 Å². The molecule has 0 radical (unpaired) electrons. The molecule has 0 aliphatic heterocycles. The van der Waals surface area contributed by atoms with E-state index in [4.69, 9.17) is 16.3 Å². The Kier molecular flexibility index (Phi) is 6.33. The predicted octanol–water partition coefficient (Wildman–Crippen LogP) is 4.55. The highest BCUT2D eigenvalue weighted by Crippen LogP contribution is 2.32. The Morgan fingerprint density at radius 1 is 1.38 bits per heavy atom. The largest absolute Gasteiger partial charge is 0.465 e. The number of nitro benzene ring substituents is 1. The summed E-state index contributed by atoms with van der Waals surface area (Å²) in [5.74, 6) is -0.882. The first kappa shape index (κ1) is 19.9. The first-order chi connectivity index (χ1) is 12.2. The van der Waals surface area contributed by atoms with Crippen LogP contribution in [0.1, 0.15) is 40.1 Å². The molecule has 0 saturated heterocycles. The zero-order valence-corrected chi connectivity index (χ0v) is 15.9. The molecule has 138 valence electrons. The van der Waals surface area contributed by atoms with E-state index in [2.05, 4.69) is 5.32 Å². The molecule has 0 atom stereocenters. The van der Waals surface area contributed by atoms with Gasteiger partial charge in [0.05, 0.1) is 28.2 Å². The minimum absolute atomic E-state index is 0.0458. The lowest BCUT2D eigenvalue weighted by molar-refractivity contribution is -0.384. The van der Waals surface area contributed by atoms with Crippen LogP contribution in [0.4, 0.5) is 10.7 Å². The van der Waals surface area contributed by atoms with E-state index in [1.54, 1.807) is 5.38 Å². The number of nitrogens with one attached hydrogen (secondary N) is 1. The number of carbonyl (C=O) groups excluding carboxylic acids is 2. The molecule has 0 aliphatic carbocycles. The molecule has 1 N–H and O–H groups in total. The third-order valence-electron chi connectivity index (χ3n) is 3.52. The minimum Gasteiger partial charge on any atom is -0.465 e. The fourth-order valence-corrected chi connectivity index (χ4v) is 3.53. The third-order valence-corrected chi connectivity index (χ3v) is 4.79. The zero-order chi connectivity index (χ0) is 19.4. The van der Waals surface area contributed by atoms with Gasteiger partial charge in [0, 0.05) is 12.1 Å². The van der Waals surface area contributed by atoms with Crippen LogP contribution < -0.4 is 5.32 Å². The van der Waals surface area contributed by atoms with Gasteiger partial charge in [-0.25, -0.2) is 4.79 Å². The monoisotopic (exact) mass is 396 g/mol. The Labute approximate surface area is 159 Å². The normalized spacial score (nSPS) is 10.7. The summed E-state index contributed by atoms with van der Waals surface area (Å²) in [4.78, 5) is 35.0. The number of non-ortho nitro benzene ring substituents is 1. The standard InChI is InChI=1S/C17H17ClN2O5S/c1-9(2)6-10-8-26-16(14(10)17(22)25-3)19-15(21)12-7-11(20(23)24)4-5-13(12)18/h4-5,7-9H,6H2,1-3H3,(H,19,21). The maximum atomic E-state index is 12.5. The molecule has 0 unspecified atom stereocenters. The molecule has 2 rings (SSSR count). The van der Waals surface area contributed by atoms with Crippen LogP contribution in [0.5, 0.6) is 0 Å². The quantitative estimate of drug-likeness (QED) is 0.438. The summed E-state index contributed by atoms with van der Waals surface area (Å²) in [5.41, 5.74) is 0.772. The smallest absolute Gasteiger partial charge is 0.341 e. The van der Waals surface area contributed by atoms with Crippen molar-refractivity contribution in [2.24, 2.45) is 5.92 Å². The van der Waals surface area contributed by atoms with Gasteiger partial charge in [-0.15, -0.1) is 11.3 Å². The van der Waals surface area contributed by atoms with Crippen molar-refractivity contribution >= 4 is 45.5 Å². The molecule has 0 saturated carbocycles. The van der Waals surface area contributed by atoms with E-state index in [1.807, 2.05) is 13.8 Å². The minimum atomic E-state index is -0.637. The van der Waals surface area contributed by atoms with Crippen molar-refractivity contribution in [3.05, 3.63) is 55.4 Å². The predicted molar refractivity (Wildman–Crippen MR) is 100 cm³/mol. The van der Waals surface area contributed by atoms with Gasteiger partial charge < -0.3 is 10.1 Å². The summed E-state index contributed by atoms with van der Waals surface area (Å²) in [7, 11) is 1.27. The fourth-order valence-electron chi connectivity index (χ4n) is 2.37. The molecule has 9 heteroatoms. The molecule has 1 heterocycles. The third kappa shape index (κ3) is 4.39. The molecule has 26 heavy (non-hydrogen) atoms. The Morgan fingerprint density at radius 3 is 2.65 bits per heavy atom. The second-order valence-corrected chi connectivity index (χ2v) is 7.22. The average molecular weight is 397 g/mol.